The standard InChI is InChI=1S/C23H23N3O3/c1-28-19-8-5-9-20(29-2)22(19)23(27)25-18-10-11-21(24-14-18)26-13-12-16-6-3-4-7-17(16)15-26/h3-11,14H,12-13,15H2,1-2H3,(H,25,27). The number of nitrogens with zero attached hydrogens (tertiary/aromatic N) is 2. The van der Waals surface area contributed by atoms with Gasteiger partial charge in [0.1, 0.15) is 22.9 Å². The molecule has 0 bridgehead atoms. The van der Waals surface area contributed by atoms with Crippen molar-refractivity contribution >= 4 is 17.4 Å². The van der Waals surface area contributed by atoms with Crippen LogP contribution in [0.15, 0.2) is 60.8 Å². The highest BCUT2D eigenvalue weighted by atomic mass is 16.5. The number of ether oxygens (including phenoxy) is 2. The van der Waals surface area contributed by atoms with Gasteiger partial charge in [0, 0.05) is 13.1 Å². The molecule has 6 nitrogen and oxygen atoms in total. The molecular weight excluding hydrogens is 366 g/mol. The van der Waals surface area contributed by atoms with Crippen LogP contribution in [-0.2, 0) is 13.0 Å². The molecule has 6 heteroatoms. The molecule has 0 aliphatic carbocycles. The number of nitrogens with one attached hydrogen (secondary N) is 1. The minimum absolute atomic E-state index is 0.305. The zero-order valence-corrected chi connectivity index (χ0v) is 16.5. The molecule has 0 saturated heterocycles. The van der Waals surface area contributed by atoms with Crippen molar-refractivity contribution in [2.45, 2.75) is 13.0 Å². The molecule has 1 aliphatic heterocycles. The molecule has 4 rings (SSSR count). The third kappa shape index (κ3) is 3.87. The second kappa shape index (κ2) is 8.22. The van der Waals surface area contributed by atoms with E-state index in [-0.39, 0.29) is 5.91 Å². The lowest BCUT2D eigenvalue weighted by molar-refractivity contribution is 0.102. The maximum absolute atomic E-state index is 12.8. The molecular formula is C23H23N3O3. The highest BCUT2D eigenvalue weighted by Gasteiger charge is 2.19. The summed E-state index contributed by atoms with van der Waals surface area (Å²) in [5.74, 6) is 1.50. The molecule has 2 heterocycles. The van der Waals surface area contributed by atoms with Gasteiger partial charge in [0.05, 0.1) is 26.1 Å². The number of hydrogen-bond acceptors (Lipinski definition) is 5. The Labute approximate surface area is 170 Å². The summed E-state index contributed by atoms with van der Waals surface area (Å²) >= 11 is 0. The van der Waals surface area contributed by atoms with E-state index in [1.807, 2.05) is 12.1 Å². The van der Waals surface area contributed by atoms with E-state index in [2.05, 4.69) is 39.5 Å². The van der Waals surface area contributed by atoms with E-state index in [1.54, 1.807) is 24.4 Å². The van der Waals surface area contributed by atoms with Crippen LogP contribution in [0.25, 0.3) is 0 Å². The van der Waals surface area contributed by atoms with Gasteiger partial charge >= 0.3 is 0 Å². The van der Waals surface area contributed by atoms with E-state index < -0.39 is 0 Å². The van der Waals surface area contributed by atoms with Crippen molar-refractivity contribution in [2.75, 3.05) is 31.0 Å². The first-order valence-corrected chi connectivity index (χ1v) is 9.49. The second-order valence-electron chi connectivity index (χ2n) is 6.84. The number of pyridine rings is 1. The third-order valence-corrected chi connectivity index (χ3v) is 5.12. The number of fused-ring (bicyclic) bond motifs is 1. The summed E-state index contributed by atoms with van der Waals surface area (Å²) in [4.78, 5) is 19.6. The van der Waals surface area contributed by atoms with Gasteiger partial charge in [-0.25, -0.2) is 4.98 Å². The number of amides is 1. The molecule has 3 aromatic rings. The molecule has 0 fully saturated rings. The molecule has 1 aliphatic rings. The number of rotatable bonds is 5. The fourth-order valence-electron chi connectivity index (χ4n) is 3.61. The van der Waals surface area contributed by atoms with Gasteiger partial charge < -0.3 is 19.7 Å². The summed E-state index contributed by atoms with van der Waals surface area (Å²) in [5.41, 5.74) is 3.71. The highest BCUT2D eigenvalue weighted by molar-refractivity contribution is 6.08. The Morgan fingerprint density at radius 3 is 2.34 bits per heavy atom. The van der Waals surface area contributed by atoms with Crippen LogP contribution in [0.4, 0.5) is 11.5 Å². The van der Waals surface area contributed by atoms with Gasteiger partial charge in [-0.05, 0) is 41.8 Å². The quantitative estimate of drug-likeness (QED) is 0.717. The van der Waals surface area contributed by atoms with Crippen LogP contribution in [0.1, 0.15) is 21.5 Å². The van der Waals surface area contributed by atoms with Crippen LogP contribution < -0.4 is 19.7 Å². The van der Waals surface area contributed by atoms with Crippen LogP contribution in [0.2, 0.25) is 0 Å². The van der Waals surface area contributed by atoms with Gasteiger partial charge in [0.15, 0.2) is 0 Å². The molecule has 1 N–H and O–H groups in total. The Balaban J connectivity index is 1.49. The van der Waals surface area contributed by atoms with Crippen LogP contribution in [0, 0.1) is 0 Å². The highest BCUT2D eigenvalue weighted by Crippen LogP contribution is 2.29. The zero-order chi connectivity index (χ0) is 20.2. The Kier molecular flexibility index (Phi) is 5.33. The van der Waals surface area contributed by atoms with Crippen molar-refractivity contribution in [3.63, 3.8) is 0 Å². The fraction of sp³-hybridized carbons (Fsp3) is 0.217. The summed E-state index contributed by atoms with van der Waals surface area (Å²) in [6.45, 7) is 1.77. The molecule has 0 unspecified atom stereocenters. The first-order valence-electron chi connectivity index (χ1n) is 9.49. The molecule has 0 atom stereocenters. The Morgan fingerprint density at radius 2 is 1.69 bits per heavy atom. The summed E-state index contributed by atoms with van der Waals surface area (Å²) < 4.78 is 10.6. The summed E-state index contributed by atoms with van der Waals surface area (Å²) in [5, 5.41) is 2.87. The first-order chi connectivity index (χ1) is 14.2. The van der Waals surface area contributed by atoms with Gasteiger partial charge in [-0.15, -0.1) is 0 Å². The summed E-state index contributed by atoms with van der Waals surface area (Å²) in [7, 11) is 3.05. The van der Waals surface area contributed by atoms with E-state index in [1.165, 1.54) is 25.3 Å². The van der Waals surface area contributed by atoms with Crippen molar-refractivity contribution in [1.29, 1.82) is 0 Å². The molecule has 148 valence electrons. The second-order valence-corrected chi connectivity index (χ2v) is 6.84. The van der Waals surface area contributed by atoms with Crippen LogP contribution >= 0.6 is 0 Å². The van der Waals surface area contributed by atoms with Crippen molar-refractivity contribution in [3.8, 4) is 11.5 Å². The van der Waals surface area contributed by atoms with E-state index in [4.69, 9.17) is 9.47 Å². The number of aromatic nitrogens is 1. The normalized spacial score (nSPS) is 12.8. The number of anilines is 2. The van der Waals surface area contributed by atoms with E-state index >= 15 is 0 Å². The maximum Gasteiger partial charge on any atom is 0.263 e. The first kappa shape index (κ1) is 18.8. The SMILES string of the molecule is COc1cccc(OC)c1C(=O)Nc1ccc(N2CCc3ccccc3C2)nc1. The number of carbonyl (C=O) groups excluding carboxylic acids is 1. The van der Waals surface area contributed by atoms with Crippen LogP contribution in [-0.4, -0.2) is 31.7 Å². The van der Waals surface area contributed by atoms with Gasteiger partial charge in [-0.3, -0.25) is 4.79 Å². The number of methoxy groups -OCH3 is 2. The molecule has 1 amide bonds. The Morgan fingerprint density at radius 1 is 0.966 bits per heavy atom. The monoisotopic (exact) mass is 389 g/mol. The van der Waals surface area contributed by atoms with E-state index in [9.17, 15) is 4.79 Å². The third-order valence-electron chi connectivity index (χ3n) is 5.12. The van der Waals surface area contributed by atoms with E-state index in [0.717, 1.165) is 25.3 Å². The average molecular weight is 389 g/mol. The lowest BCUT2D eigenvalue weighted by Gasteiger charge is -2.29. The molecule has 0 radical (unpaired) electrons. The minimum atomic E-state index is -0.305. The largest absolute Gasteiger partial charge is 0.496 e. The Bertz CT molecular complexity index is 996. The minimum Gasteiger partial charge on any atom is -0.496 e. The molecule has 1 aromatic heterocycles. The zero-order valence-electron chi connectivity index (χ0n) is 16.5. The average Bonchev–Trinajstić information content (AvgIpc) is 2.78. The van der Waals surface area contributed by atoms with Crippen molar-refractivity contribution < 1.29 is 14.3 Å². The van der Waals surface area contributed by atoms with Crippen LogP contribution in [0.5, 0.6) is 11.5 Å². The number of carbonyl (C=O) groups is 1. The predicted octanol–water partition coefficient (Wildman–Crippen LogP) is 3.91. The number of hydrogen-bond donors (Lipinski definition) is 1. The van der Waals surface area contributed by atoms with Gasteiger partial charge in [-0.2, -0.15) is 0 Å². The lowest BCUT2D eigenvalue weighted by atomic mass is 10.00. The topological polar surface area (TPSA) is 63.7 Å². The smallest absolute Gasteiger partial charge is 0.263 e. The molecule has 29 heavy (non-hydrogen) atoms. The summed E-state index contributed by atoms with van der Waals surface area (Å²) in [6.07, 6.45) is 2.68. The Hall–Kier alpha value is -3.54. The number of benzene rings is 2. The van der Waals surface area contributed by atoms with Crippen molar-refractivity contribution in [2.24, 2.45) is 0 Å². The van der Waals surface area contributed by atoms with Crippen LogP contribution in [0.3, 0.4) is 0 Å². The fourth-order valence-corrected chi connectivity index (χ4v) is 3.61. The van der Waals surface area contributed by atoms with E-state index in [0.29, 0.717) is 22.7 Å². The van der Waals surface area contributed by atoms with Gasteiger partial charge in [-0.1, -0.05) is 30.3 Å². The van der Waals surface area contributed by atoms with Gasteiger partial charge in [0.2, 0.25) is 0 Å². The molecule has 0 saturated carbocycles. The predicted molar refractivity (Wildman–Crippen MR) is 113 cm³/mol. The van der Waals surface area contributed by atoms with Gasteiger partial charge in [0.25, 0.3) is 5.91 Å². The van der Waals surface area contributed by atoms with Crippen molar-refractivity contribution in [3.05, 3.63) is 77.5 Å². The molecule has 2 aromatic carbocycles. The van der Waals surface area contributed by atoms with Crippen molar-refractivity contribution in [1.82, 2.24) is 4.98 Å². The molecule has 0 spiro atoms. The lowest BCUT2D eigenvalue weighted by Crippen LogP contribution is -2.30. The summed E-state index contributed by atoms with van der Waals surface area (Å²) in [6, 6.07) is 17.5. The maximum atomic E-state index is 12.8.